The molecule has 1 heterocycles. The zero-order valence-electron chi connectivity index (χ0n) is 9.78. The molecule has 0 bridgehead atoms. The summed E-state index contributed by atoms with van der Waals surface area (Å²) >= 11 is 1.32. The number of sulfonamides is 1. The van der Waals surface area contributed by atoms with Crippen LogP contribution >= 0.6 is 11.3 Å². The van der Waals surface area contributed by atoms with Gasteiger partial charge in [-0.2, -0.15) is 0 Å². The summed E-state index contributed by atoms with van der Waals surface area (Å²) in [7, 11) is -3.96. The Morgan fingerprint density at radius 2 is 2.00 bits per heavy atom. The molecule has 1 aromatic heterocycles. The van der Waals surface area contributed by atoms with Gasteiger partial charge < -0.3 is 5.11 Å². The molecule has 0 saturated carbocycles. The predicted molar refractivity (Wildman–Crippen MR) is 70.9 cm³/mol. The molecule has 0 saturated heterocycles. The van der Waals surface area contributed by atoms with Crippen LogP contribution in [0.1, 0.15) is 11.0 Å². The third kappa shape index (κ3) is 3.38. The summed E-state index contributed by atoms with van der Waals surface area (Å²) in [5, 5.41) is 11.6. The van der Waals surface area contributed by atoms with E-state index in [1.807, 2.05) is 0 Å². The fourth-order valence-electron chi connectivity index (χ4n) is 1.51. The van der Waals surface area contributed by atoms with E-state index >= 15 is 0 Å². The van der Waals surface area contributed by atoms with Crippen molar-refractivity contribution < 1.29 is 17.9 Å². The maximum atomic E-state index is 13.4. The van der Waals surface area contributed by atoms with Gasteiger partial charge in [-0.05, 0) is 23.6 Å². The van der Waals surface area contributed by atoms with Gasteiger partial charge in [0, 0.05) is 11.4 Å². The zero-order valence-corrected chi connectivity index (χ0v) is 11.4. The average molecular weight is 301 g/mol. The third-order valence-corrected chi connectivity index (χ3v) is 4.89. The van der Waals surface area contributed by atoms with Gasteiger partial charge in [-0.1, -0.05) is 18.2 Å². The summed E-state index contributed by atoms with van der Waals surface area (Å²) < 4.78 is 39.3. The van der Waals surface area contributed by atoms with E-state index in [1.165, 1.54) is 29.5 Å². The quantitative estimate of drug-likeness (QED) is 0.886. The van der Waals surface area contributed by atoms with Crippen molar-refractivity contribution in [2.75, 3.05) is 6.54 Å². The van der Waals surface area contributed by atoms with Crippen LogP contribution in [0.4, 0.5) is 4.39 Å². The van der Waals surface area contributed by atoms with E-state index in [0.29, 0.717) is 4.88 Å². The summed E-state index contributed by atoms with van der Waals surface area (Å²) in [6.07, 6.45) is -0.943. The van der Waals surface area contributed by atoms with E-state index < -0.39 is 26.8 Å². The van der Waals surface area contributed by atoms with Gasteiger partial charge in [0.25, 0.3) is 0 Å². The van der Waals surface area contributed by atoms with Gasteiger partial charge in [-0.25, -0.2) is 17.5 Å². The van der Waals surface area contributed by atoms with E-state index in [9.17, 15) is 17.9 Å². The van der Waals surface area contributed by atoms with Gasteiger partial charge in [0.1, 0.15) is 16.8 Å². The molecule has 4 nitrogen and oxygen atoms in total. The first-order chi connectivity index (χ1) is 9.00. The topological polar surface area (TPSA) is 66.4 Å². The first kappa shape index (κ1) is 14.1. The fourth-order valence-corrected chi connectivity index (χ4v) is 3.34. The lowest BCUT2D eigenvalue weighted by Gasteiger charge is -2.11. The lowest BCUT2D eigenvalue weighted by molar-refractivity contribution is 0.185. The number of nitrogens with one attached hydrogen (secondary N) is 1. The summed E-state index contributed by atoms with van der Waals surface area (Å²) in [5.41, 5.74) is 0. The normalized spacial score (nSPS) is 13.4. The smallest absolute Gasteiger partial charge is 0.243 e. The standard InChI is InChI=1S/C12H12FNO3S2/c13-9-4-1-2-6-12(9)19(16,17)14-8-10(15)11-5-3-7-18-11/h1-7,10,14-15H,8H2. The van der Waals surface area contributed by atoms with Crippen molar-refractivity contribution in [1.82, 2.24) is 4.72 Å². The molecule has 2 N–H and O–H groups in total. The number of hydrogen-bond acceptors (Lipinski definition) is 4. The number of hydrogen-bond donors (Lipinski definition) is 2. The maximum absolute atomic E-state index is 13.4. The van der Waals surface area contributed by atoms with Crippen molar-refractivity contribution in [1.29, 1.82) is 0 Å². The fraction of sp³-hybridized carbons (Fsp3) is 0.167. The molecule has 0 amide bonds. The van der Waals surface area contributed by atoms with Gasteiger partial charge in [0.15, 0.2) is 0 Å². The summed E-state index contributed by atoms with van der Waals surface area (Å²) in [6.45, 7) is -0.197. The predicted octanol–water partition coefficient (Wildman–Crippen LogP) is 1.90. The first-order valence-corrected chi connectivity index (χ1v) is 7.82. The van der Waals surface area contributed by atoms with Crippen LogP contribution < -0.4 is 4.72 Å². The van der Waals surface area contributed by atoms with E-state index in [0.717, 1.165) is 6.07 Å². The highest BCUT2D eigenvalue weighted by atomic mass is 32.2. The van der Waals surface area contributed by atoms with Crippen molar-refractivity contribution in [2.24, 2.45) is 0 Å². The Morgan fingerprint density at radius 3 is 2.63 bits per heavy atom. The van der Waals surface area contributed by atoms with Gasteiger partial charge in [0.2, 0.25) is 10.0 Å². The molecular weight excluding hydrogens is 289 g/mol. The van der Waals surface area contributed by atoms with Crippen molar-refractivity contribution >= 4 is 21.4 Å². The van der Waals surface area contributed by atoms with Crippen LogP contribution in [0.15, 0.2) is 46.7 Å². The largest absolute Gasteiger partial charge is 0.386 e. The number of thiophene rings is 1. The maximum Gasteiger partial charge on any atom is 0.243 e. The Kier molecular flexibility index (Phi) is 4.31. The number of benzene rings is 1. The monoisotopic (exact) mass is 301 g/mol. The van der Waals surface area contributed by atoms with E-state index in [4.69, 9.17) is 0 Å². The lowest BCUT2D eigenvalue weighted by Crippen LogP contribution is -2.28. The van der Waals surface area contributed by atoms with Crippen LogP contribution in [-0.2, 0) is 10.0 Å². The molecule has 0 spiro atoms. The third-order valence-electron chi connectivity index (χ3n) is 2.46. The summed E-state index contributed by atoms with van der Waals surface area (Å²) in [5.74, 6) is -0.819. The summed E-state index contributed by atoms with van der Waals surface area (Å²) in [6, 6.07) is 8.56. The molecule has 0 fully saturated rings. The van der Waals surface area contributed by atoms with Crippen molar-refractivity contribution in [3.8, 4) is 0 Å². The molecule has 1 aromatic carbocycles. The first-order valence-electron chi connectivity index (χ1n) is 5.46. The SMILES string of the molecule is O=S(=O)(NCC(O)c1cccs1)c1ccccc1F. The van der Waals surface area contributed by atoms with E-state index in [1.54, 1.807) is 17.5 Å². The Morgan fingerprint density at radius 1 is 1.26 bits per heavy atom. The lowest BCUT2D eigenvalue weighted by atomic mass is 10.3. The highest BCUT2D eigenvalue weighted by Gasteiger charge is 2.20. The minimum Gasteiger partial charge on any atom is -0.386 e. The highest BCUT2D eigenvalue weighted by Crippen LogP contribution is 2.19. The Hall–Kier alpha value is -1.28. The molecule has 0 aliphatic heterocycles. The molecule has 1 atom stereocenters. The number of halogens is 1. The molecule has 0 aliphatic rings. The second-order valence-corrected chi connectivity index (χ2v) is 6.53. The van der Waals surface area contributed by atoms with E-state index in [-0.39, 0.29) is 6.54 Å². The number of aliphatic hydroxyl groups excluding tert-OH is 1. The van der Waals surface area contributed by atoms with Gasteiger partial charge in [0.05, 0.1) is 0 Å². The van der Waals surface area contributed by atoms with Crippen molar-refractivity contribution in [2.45, 2.75) is 11.0 Å². The Bertz CT molecular complexity index is 641. The van der Waals surface area contributed by atoms with Crippen LogP contribution in [0, 0.1) is 5.82 Å². The second-order valence-electron chi connectivity index (χ2n) is 3.81. The second kappa shape index (κ2) is 5.79. The summed E-state index contributed by atoms with van der Waals surface area (Å²) in [4.78, 5) is 0.226. The van der Waals surface area contributed by atoms with Crippen LogP contribution in [0.25, 0.3) is 0 Å². The van der Waals surface area contributed by atoms with Crippen LogP contribution in [0.3, 0.4) is 0 Å². The average Bonchev–Trinajstić information content (AvgIpc) is 2.90. The minimum absolute atomic E-state index is 0.197. The van der Waals surface area contributed by atoms with Crippen LogP contribution in [-0.4, -0.2) is 20.1 Å². The molecule has 2 rings (SSSR count). The van der Waals surface area contributed by atoms with Crippen molar-refractivity contribution in [3.05, 3.63) is 52.5 Å². The molecule has 102 valence electrons. The Labute approximate surface area is 114 Å². The zero-order chi connectivity index (χ0) is 13.9. The number of rotatable bonds is 5. The molecular formula is C12H12FNO3S2. The molecule has 0 aliphatic carbocycles. The molecule has 19 heavy (non-hydrogen) atoms. The minimum atomic E-state index is -3.96. The molecule has 0 radical (unpaired) electrons. The van der Waals surface area contributed by atoms with Crippen molar-refractivity contribution in [3.63, 3.8) is 0 Å². The van der Waals surface area contributed by atoms with Crippen LogP contribution in [0.5, 0.6) is 0 Å². The Balaban J connectivity index is 2.09. The van der Waals surface area contributed by atoms with Gasteiger partial charge in [-0.3, -0.25) is 0 Å². The van der Waals surface area contributed by atoms with Gasteiger partial charge in [-0.15, -0.1) is 11.3 Å². The molecule has 1 unspecified atom stereocenters. The number of aliphatic hydroxyl groups is 1. The van der Waals surface area contributed by atoms with E-state index in [2.05, 4.69) is 4.72 Å². The van der Waals surface area contributed by atoms with Gasteiger partial charge >= 0.3 is 0 Å². The molecule has 7 heteroatoms. The highest BCUT2D eigenvalue weighted by molar-refractivity contribution is 7.89. The van der Waals surface area contributed by atoms with Crippen LogP contribution in [0.2, 0.25) is 0 Å². The molecule has 2 aromatic rings.